The molecule has 22 heavy (non-hydrogen) atoms. The molecule has 0 spiro atoms. The minimum absolute atomic E-state index is 0.118. The molecular formula is C16H13ClN2O3. The van der Waals surface area contributed by atoms with Gasteiger partial charge in [-0.05, 0) is 36.4 Å². The fourth-order valence-electron chi connectivity index (χ4n) is 1.75. The average Bonchev–Trinajstić information content (AvgIpc) is 2.55. The van der Waals surface area contributed by atoms with E-state index in [1.165, 1.54) is 29.3 Å². The van der Waals surface area contributed by atoms with Gasteiger partial charge in [0.1, 0.15) is 0 Å². The topological polar surface area (TPSA) is 66.5 Å². The van der Waals surface area contributed by atoms with Gasteiger partial charge in [-0.1, -0.05) is 29.8 Å². The Kier molecular flexibility index (Phi) is 4.91. The second-order valence-electron chi connectivity index (χ2n) is 4.50. The van der Waals surface area contributed by atoms with E-state index < -0.39 is 17.5 Å². The number of ketones is 2. The molecule has 6 heteroatoms. The summed E-state index contributed by atoms with van der Waals surface area (Å²) < 4.78 is 0. The molecule has 0 fully saturated rings. The number of Topliss-reactive ketones (excluding diaryl/α,β-unsaturated/α-hetero) is 2. The summed E-state index contributed by atoms with van der Waals surface area (Å²) >= 11 is 5.71. The van der Waals surface area contributed by atoms with Crippen LogP contribution in [0.25, 0.3) is 0 Å². The quantitative estimate of drug-likeness (QED) is 0.398. The zero-order valence-corrected chi connectivity index (χ0v) is 12.5. The van der Waals surface area contributed by atoms with E-state index in [1.54, 1.807) is 31.3 Å². The zero-order valence-electron chi connectivity index (χ0n) is 11.7. The molecule has 0 atom stereocenters. The van der Waals surface area contributed by atoms with Gasteiger partial charge in [-0.3, -0.25) is 24.8 Å². The summed E-state index contributed by atoms with van der Waals surface area (Å²) in [6.45, 7) is 0. The van der Waals surface area contributed by atoms with Gasteiger partial charge in [0.15, 0.2) is 0 Å². The van der Waals surface area contributed by atoms with Gasteiger partial charge in [0.25, 0.3) is 5.78 Å². The number of carbonyl (C=O) groups is 3. The summed E-state index contributed by atoms with van der Waals surface area (Å²) in [7, 11) is 1.58. The molecule has 5 nitrogen and oxygen atoms in total. The number of para-hydroxylation sites is 1. The zero-order chi connectivity index (χ0) is 16.1. The third kappa shape index (κ3) is 3.71. The lowest BCUT2D eigenvalue weighted by Gasteiger charge is -2.19. The van der Waals surface area contributed by atoms with Gasteiger partial charge in [0, 0.05) is 17.6 Å². The van der Waals surface area contributed by atoms with E-state index in [2.05, 4.69) is 5.43 Å². The van der Waals surface area contributed by atoms with Gasteiger partial charge in [-0.2, -0.15) is 0 Å². The highest BCUT2D eigenvalue weighted by atomic mass is 35.5. The molecule has 1 amide bonds. The molecule has 0 saturated carbocycles. The van der Waals surface area contributed by atoms with E-state index in [1.807, 2.05) is 6.07 Å². The summed E-state index contributed by atoms with van der Waals surface area (Å²) in [4.78, 5) is 35.7. The Morgan fingerprint density at radius 1 is 0.955 bits per heavy atom. The van der Waals surface area contributed by atoms with Crippen molar-refractivity contribution in [1.82, 2.24) is 5.43 Å². The van der Waals surface area contributed by atoms with E-state index >= 15 is 0 Å². The summed E-state index contributed by atoms with van der Waals surface area (Å²) in [5, 5.41) is 1.81. The van der Waals surface area contributed by atoms with Crippen LogP contribution in [0.15, 0.2) is 54.6 Å². The van der Waals surface area contributed by atoms with Gasteiger partial charge < -0.3 is 0 Å². The van der Waals surface area contributed by atoms with Gasteiger partial charge in [-0.25, -0.2) is 0 Å². The van der Waals surface area contributed by atoms with Crippen LogP contribution < -0.4 is 10.4 Å². The monoisotopic (exact) mass is 316 g/mol. The Morgan fingerprint density at radius 3 is 2.14 bits per heavy atom. The highest BCUT2D eigenvalue weighted by molar-refractivity contribution is 6.66. The van der Waals surface area contributed by atoms with Crippen molar-refractivity contribution in [1.29, 1.82) is 0 Å². The smallest absolute Gasteiger partial charge is 0.288 e. The van der Waals surface area contributed by atoms with Crippen molar-refractivity contribution in [3.63, 3.8) is 0 Å². The molecule has 0 aromatic heterocycles. The SMILES string of the molecule is CN(NC(=O)C(=O)C(=O)c1ccc(Cl)cc1)c1ccccc1. The lowest BCUT2D eigenvalue weighted by Crippen LogP contribution is -2.45. The van der Waals surface area contributed by atoms with Crippen molar-refractivity contribution in [2.45, 2.75) is 0 Å². The van der Waals surface area contributed by atoms with Crippen LogP contribution in [0.4, 0.5) is 5.69 Å². The summed E-state index contributed by atoms with van der Waals surface area (Å²) in [5.41, 5.74) is 3.16. The van der Waals surface area contributed by atoms with E-state index in [0.29, 0.717) is 10.7 Å². The molecule has 0 saturated heterocycles. The van der Waals surface area contributed by atoms with Crippen molar-refractivity contribution in [3.05, 3.63) is 65.2 Å². The minimum atomic E-state index is -1.13. The number of rotatable bonds is 5. The number of anilines is 1. The number of carbonyl (C=O) groups excluding carboxylic acids is 3. The average molecular weight is 317 g/mol. The minimum Gasteiger partial charge on any atom is -0.288 e. The second kappa shape index (κ2) is 6.87. The molecule has 0 aliphatic heterocycles. The van der Waals surface area contributed by atoms with Crippen LogP contribution in [0, 0.1) is 0 Å². The molecule has 0 aliphatic carbocycles. The molecule has 2 aromatic carbocycles. The Bertz CT molecular complexity index is 699. The maximum absolute atomic E-state index is 11.9. The second-order valence-corrected chi connectivity index (χ2v) is 4.94. The normalized spacial score (nSPS) is 9.91. The summed E-state index contributed by atoms with van der Waals surface area (Å²) in [5.74, 6) is -3.01. The van der Waals surface area contributed by atoms with Crippen LogP contribution in [0.3, 0.4) is 0 Å². The molecule has 1 N–H and O–H groups in total. The standard InChI is InChI=1S/C16H13ClN2O3/c1-19(13-5-3-2-4-6-13)18-16(22)15(21)14(20)11-7-9-12(17)10-8-11/h2-10H,1H3,(H,18,22). The fraction of sp³-hybridized carbons (Fsp3) is 0.0625. The first-order valence-electron chi connectivity index (χ1n) is 6.43. The van der Waals surface area contributed by atoms with Gasteiger partial charge in [-0.15, -0.1) is 0 Å². The first-order valence-corrected chi connectivity index (χ1v) is 6.81. The predicted octanol–water partition coefficient (Wildman–Crippen LogP) is 2.26. The van der Waals surface area contributed by atoms with Crippen molar-refractivity contribution in [2.24, 2.45) is 0 Å². The van der Waals surface area contributed by atoms with Gasteiger partial charge in [0.2, 0.25) is 5.78 Å². The van der Waals surface area contributed by atoms with Crippen LogP contribution in [-0.4, -0.2) is 24.5 Å². The first kappa shape index (κ1) is 15.7. The van der Waals surface area contributed by atoms with Gasteiger partial charge in [0.05, 0.1) is 5.69 Å². The van der Waals surface area contributed by atoms with E-state index in [-0.39, 0.29) is 5.56 Å². The molecule has 2 aromatic rings. The van der Waals surface area contributed by atoms with Crippen LogP contribution in [0.5, 0.6) is 0 Å². The Balaban J connectivity index is 2.04. The van der Waals surface area contributed by atoms with E-state index in [9.17, 15) is 14.4 Å². The maximum Gasteiger partial charge on any atom is 0.314 e. The molecular weight excluding hydrogens is 304 g/mol. The Morgan fingerprint density at radius 2 is 1.55 bits per heavy atom. The predicted molar refractivity (Wildman–Crippen MR) is 83.8 cm³/mol. The molecule has 0 unspecified atom stereocenters. The van der Waals surface area contributed by atoms with Crippen molar-refractivity contribution in [2.75, 3.05) is 12.1 Å². The fourth-order valence-corrected chi connectivity index (χ4v) is 1.88. The number of nitrogens with one attached hydrogen (secondary N) is 1. The van der Waals surface area contributed by atoms with Crippen molar-refractivity contribution >= 4 is 34.8 Å². The largest absolute Gasteiger partial charge is 0.314 e. The van der Waals surface area contributed by atoms with Crippen LogP contribution >= 0.6 is 11.6 Å². The van der Waals surface area contributed by atoms with Crippen molar-refractivity contribution in [3.8, 4) is 0 Å². The lowest BCUT2D eigenvalue weighted by molar-refractivity contribution is -0.135. The van der Waals surface area contributed by atoms with Crippen LogP contribution in [-0.2, 0) is 9.59 Å². The number of hydrogen-bond donors (Lipinski definition) is 1. The highest BCUT2D eigenvalue weighted by Crippen LogP contribution is 2.11. The third-order valence-corrected chi connectivity index (χ3v) is 3.18. The number of hydrogen-bond acceptors (Lipinski definition) is 4. The number of benzene rings is 2. The molecule has 0 bridgehead atoms. The van der Waals surface area contributed by atoms with E-state index in [4.69, 9.17) is 11.6 Å². The third-order valence-electron chi connectivity index (χ3n) is 2.93. The Labute approximate surface area is 132 Å². The van der Waals surface area contributed by atoms with E-state index in [0.717, 1.165) is 0 Å². The maximum atomic E-state index is 11.9. The van der Waals surface area contributed by atoms with Gasteiger partial charge >= 0.3 is 5.91 Å². The first-order chi connectivity index (χ1) is 10.5. The van der Waals surface area contributed by atoms with Crippen molar-refractivity contribution < 1.29 is 14.4 Å². The summed E-state index contributed by atoms with van der Waals surface area (Å²) in [6.07, 6.45) is 0. The van der Waals surface area contributed by atoms with Crippen LogP contribution in [0.1, 0.15) is 10.4 Å². The molecule has 0 heterocycles. The highest BCUT2D eigenvalue weighted by Gasteiger charge is 2.25. The molecule has 2 rings (SSSR count). The lowest BCUT2D eigenvalue weighted by atomic mass is 10.1. The Hall–Kier alpha value is -2.66. The number of hydrazine groups is 1. The van der Waals surface area contributed by atoms with Crippen LogP contribution in [0.2, 0.25) is 5.02 Å². The molecule has 112 valence electrons. The number of amides is 1. The number of nitrogens with zero attached hydrogens (tertiary/aromatic N) is 1. The number of halogens is 1. The molecule has 0 aliphatic rings. The molecule has 0 radical (unpaired) electrons. The summed E-state index contributed by atoms with van der Waals surface area (Å²) in [6, 6.07) is 14.7.